The van der Waals surface area contributed by atoms with Crippen LogP contribution in [-0.4, -0.2) is 39.3 Å². The number of esters is 1. The molecule has 0 saturated carbocycles. The molecule has 0 atom stereocenters. The van der Waals surface area contributed by atoms with E-state index in [1.165, 1.54) is 6.08 Å². The Morgan fingerprint density at radius 3 is 2.54 bits per heavy atom. The first-order valence-corrected chi connectivity index (χ1v) is 9.05. The zero-order valence-corrected chi connectivity index (χ0v) is 15.9. The Morgan fingerprint density at radius 2 is 1.89 bits per heavy atom. The average molecular weight is 398 g/mol. The van der Waals surface area contributed by atoms with Crippen molar-refractivity contribution in [2.45, 2.75) is 19.9 Å². The topological polar surface area (TPSA) is 102 Å². The van der Waals surface area contributed by atoms with Crippen LogP contribution in [0.2, 0.25) is 0 Å². The van der Waals surface area contributed by atoms with Crippen molar-refractivity contribution in [2.24, 2.45) is 0 Å². The fourth-order valence-corrected chi connectivity index (χ4v) is 2.86. The summed E-state index contributed by atoms with van der Waals surface area (Å²) in [5.41, 5.74) is 1.90. The van der Waals surface area contributed by atoms with Crippen LogP contribution < -0.4 is 10.6 Å². The fraction of sp³-hybridized carbons (Fsp3) is 0.211. The third kappa shape index (κ3) is 4.49. The lowest BCUT2D eigenvalue weighted by Crippen LogP contribution is -2.51. The number of aromatic nitrogens is 2. The summed E-state index contributed by atoms with van der Waals surface area (Å²) >= 11 is 4.81. The molecule has 2 aromatic rings. The van der Waals surface area contributed by atoms with Crippen LogP contribution in [0.25, 0.3) is 17.3 Å². The average Bonchev–Trinajstić information content (AvgIpc) is 3.07. The van der Waals surface area contributed by atoms with E-state index in [0.29, 0.717) is 24.4 Å². The number of hydrogen-bond donors (Lipinski definition) is 2. The molecule has 1 saturated heterocycles. The van der Waals surface area contributed by atoms with Gasteiger partial charge in [0.05, 0.1) is 25.3 Å². The van der Waals surface area contributed by atoms with Crippen LogP contribution >= 0.6 is 12.2 Å². The van der Waals surface area contributed by atoms with Crippen molar-refractivity contribution in [2.75, 3.05) is 6.61 Å². The minimum Gasteiger partial charge on any atom is -0.466 e. The van der Waals surface area contributed by atoms with E-state index in [1.807, 2.05) is 30.3 Å². The van der Waals surface area contributed by atoms with Crippen molar-refractivity contribution in [1.82, 2.24) is 20.4 Å². The van der Waals surface area contributed by atoms with Gasteiger partial charge >= 0.3 is 5.97 Å². The molecule has 0 spiro atoms. The minimum atomic E-state index is -0.577. The molecule has 2 N–H and O–H groups in total. The minimum absolute atomic E-state index is 0.0273. The molecule has 9 heteroatoms. The van der Waals surface area contributed by atoms with Crippen molar-refractivity contribution in [3.8, 4) is 11.3 Å². The molecule has 1 aromatic heterocycles. The molecule has 2 heterocycles. The smallest absolute Gasteiger partial charge is 0.307 e. The molecule has 1 aliphatic heterocycles. The second-order valence-electron chi connectivity index (χ2n) is 5.91. The van der Waals surface area contributed by atoms with E-state index in [-0.39, 0.29) is 23.1 Å². The van der Waals surface area contributed by atoms with E-state index in [1.54, 1.807) is 17.8 Å². The summed E-state index contributed by atoms with van der Waals surface area (Å²) in [5.74, 6) is -1.47. The first-order valence-electron chi connectivity index (χ1n) is 8.64. The molecule has 1 aromatic carbocycles. The third-order valence-corrected chi connectivity index (χ3v) is 4.13. The lowest BCUT2D eigenvalue weighted by molar-refractivity contribution is -0.143. The number of thiocarbonyl (C=S) groups is 1. The Balaban J connectivity index is 1.95. The van der Waals surface area contributed by atoms with Crippen LogP contribution in [0.4, 0.5) is 0 Å². The maximum Gasteiger partial charge on any atom is 0.307 e. The van der Waals surface area contributed by atoms with Gasteiger partial charge in [-0.15, -0.1) is 0 Å². The zero-order valence-electron chi connectivity index (χ0n) is 15.1. The summed E-state index contributed by atoms with van der Waals surface area (Å²) in [6.45, 7) is 2.37. The van der Waals surface area contributed by atoms with Gasteiger partial charge < -0.3 is 4.74 Å². The summed E-state index contributed by atoms with van der Waals surface area (Å²) < 4.78 is 6.53. The Kier molecular flexibility index (Phi) is 5.95. The molecule has 28 heavy (non-hydrogen) atoms. The standard InChI is InChI=1S/C19H18N4O4S/c1-2-27-15(24)8-9-23-11-13(16(22-23)12-6-4-3-5-7-12)10-14-17(25)20-19(28)21-18(14)26/h3-7,10-11H,2,8-9H2,1H3,(H2,20,21,25,26,28). The predicted molar refractivity (Wildman–Crippen MR) is 106 cm³/mol. The Hall–Kier alpha value is -3.33. The summed E-state index contributed by atoms with van der Waals surface area (Å²) in [6.07, 6.45) is 3.31. The van der Waals surface area contributed by atoms with Gasteiger partial charge in [0.2, 0.25) is 0 Å². The van der Waals surface area contributed by atoms with Gasteiger partial charge in [-0.25, -0.2) is 0 Å². The Labute approximate surface area is 166 Å². The van der Waals surface area contributed by atoms with Crippen LogP contribution in [0.15, 0.2) is 42.1 Å². The highest BCUT2D eigenvalue weighted by Crippen LogP contribution is 2.24. The number of ether oxygens (including phenoxy) is 1. The van der Waals surface area contributed by atoms with Crippen molar-refractivity contribution in [3.05, 3.63) is 47.7 Å². The molecule has 2 amide bonds. The molecule has 144 valence electrons. The highest BCUT2D eigenvalue weighted by molar-refractivity contribution is 7.80. The fourth-order valence-electron chi connectivity index (χ4n) is 2.68. The van der Waals surface area contributed by atoms with Crippen molar-refractivity contribution in [3.63, 3.8) is 0 Å². The quantitative estimate of drug-likeness (QED) is 0.330. The number of nitrogens with one attached hydrogen (secondary N) is 2. The van der Waals surface area contributed by atoms with Gasteiger partial charge in [0.25, 0.3) is 11.8 Å². The molecular formula is C19H18N4O4S. The van der Waals surface area contributed by atoms with Gasteiger partial charge in [-0.3, -0.25) is 29.7 Å². The number of nitrogens with zero attached hydrogens (tertiary/aromatic N) is 2. The van der Waals surface area contributed by atoms with E-state index < -0.39 is 11.8 Å². The Bertz CT molecular complexity index is 944. The van der Waals surface area contributed by atoms with Gasteiger partial charge in [-0.05, 0) is 25.2 Å². The van der Waals surface area contributed by atoms with Crippen LogP contribution in [0.3, 0.4) is 0 Å². The van der Waals surface area contributed by atoms with Crippen molar-refractivity contribution < 1.29 is 19.1 Å². The molecule has 0 aliphatic carbocycles. The van der Waals surface area contributed by atoms with Crippen molar-refractivity contribution in [1.29, 1.82) is 0 Å². The van der Waals surface area contributed by atoms with Crippen LogP contribution in [-0.2, 0) is 25.7 Å². The van der Waals surface area contributed by atoms with E-state index in [0.717, 1.165) is 5.56 Å². The summed E-state index contributed by atoms with van der Waals surface area (Å²) in [4.78, 5) is 35.9. The maximum atomic E-state index is 12.1. The normalized spacial score (nSPS) is 13.8. The number of aryl methyl sites for hydroxylation is 1. The summed E-state index contributed by atoms with van der Waals surface area (Å²) in [5, 5.41) is 9.30. The molecule has 0 unspecified atom stereocenters. The van der Waals surface area contributed by atoms with Gasteiger partial charge in [-0.2, -0.15) is 5.10 Å². The molecule has 1 aliphatic rings. The second kappa shape index (κ2) is 8.57. The number of benzene rings is 1. The van der Waals surface area contributed by atoms with Crippen molar-refractivity contribution >= 4 is 41.2 Å². The third-order valence-electron chi connectivity index (χ3n) is 3.93. The summed E-state index contributed by atoms with van der Waals surface area (Å²) in [6, 6.07) is 9.35. The number of carbonyl (C=O) groups is 3. The van der Waals surface area contributed by atoms with E-state index >= 15 is 0 Å². The van der Waals surface area contributed by atoms with Gasteiger partial charge in [0, 0.05) is 17.3 Å². The first-order chi connectivity index (χ1) is 13.5. The van der Waals surface area contributed by atoms with Crippen LogP contribution in [0.5, 0.6) is 0 Å². The molecule has 3 rings (SSSR count). The summed E-state index contributed by atoms with van der Waals surface area (Å²) in [7, 11) is 0. The van der Waals surface area contributed by atoms with E-state index in [2.05, 4.69) is 15.7 Å². The monoisotopic (exact) mass is 398 g/mol. The molecule has 8 nitrogen and oxygen atoms in total. The van der Waals surface area contributed by atoms with E-state index in [9.17, 15) is 14.4 Å². The number of carbonyl (C=O) groups excluding carboxylic acids is 3. The number of amides is 2. The zero-order chi connectivity index (χ0) is 20.1. The molecule has 1 fully saturated rings. The first kappa shape index (κ1) is 19.4. The molecular weight excluding hydrogens is 380 g/mol. The van der Waals surface area contributed by atoms with Crippen LogP contribution in [0, 0.1) is 0 Å². The number of rotatable bonds is 6. The SMILES string of the molecule is CCOC(=O)CCn1cc(C=C2C(=O)NC(=S)NC2=O)c(-c2ccccc2)n1. The molecule has 0 bridgehead atoms. The largest absolute Gasteiger partial charge is 0.466 e. The van der Waals surface area contributed by atoms with Gasteiger partial charge in [0.15, 0.2) is 5.11 Å². The highest BCUT2D eigenvalue weighted by Gasteiger charge is 2.26. The lowest BCUT2D eigenvalue weighted by atomic mass is 10.0. The highest BCUT2D eigenvalue weighted by atomic mass is 32.1. The van der Waals surface area contributed by atoms with Crippen LogP contribution in [0.1, 0.15) is 18.9 Å². The Morgan fingerprint density at radius 1 is 1.21 bits per heavy atom. The van der Waals surface area contributed by atoms with Gasteiger partial charge in [-0.1, -0.05) is 30.3 Å². The lowest BCUT2D eigenvalue weighted by Gasteiger charge is -2.16. The van der Waals surface area contributed by atoms with Gasteiger partial charge in [0.1, 0.15) is 5.57 Å². The second-order valence-corrected chi connectivity index (χ2v) is 6.32. The predicted octanol–water partition coefficient (Wildman–Crippen LogP) is 1.42. The number of hydrogen-bond acceptors (Lipinski definition) is 6. The molecule has 0 radical (unpaired) electrons. The maximum absolute atomic E-state index is 12.1. The van der Waals surface area contributed by atoms with E-state index in [4.69, 9.17) is 17.0 Å².